The summed E-state index contributed by atoms with van der Waals surface area (Å²) in [5, 5.41) is 0.480. The van der Waals surface area contributed by atoms with Crippen molar-refractivity contribution >= 4 is 45.8 Å². The number of imide groups is 1. The smallest absolute Gasteiger partial charge is 0.294 e. The van der Waals surface area contributed by atoms with Crippen molar-refractivity contribution in [2.75, 3.05) is 32.8 Å². The van der Waals surface area contributed by atoms with Gasteiger partial charge in [-0.25, -0.2) is 4.39 Å². The normalized spacial score (nSPS) is 17.9. The Morgan fingerprint density at radius 2 is 1.79 bits per heavy atom. The lowest BCUT2D eigenvalue weighted by Gasteiger charge is -2.28. The van der Waals surface area contributed by atoms with E-state index >= 15 is 0 Å². The van der Waals surface area contributed by atoms with Crippen molar-refractivity contribution in [3.8, 4) is 0 Å². The average molecular weight is 480 g/mol. The number of nitrogens with zero attached hydrogens (tertiary/aromatic N) is 3. The maximum atomic E-state index is 13.3. The molecule has 3 amide bonds. The van der Waals surface area contributed by atoms with Crippen LogP contribution in [0.25, 0.3) is 17.0 Å². The number of amides is 3. The van der Waals surface area contributed by atoms with Crippen molar-refractivity contribution in [2.45, 2.75) is 6.54 Å². The van der Waals surface area contributed by atoms with Crippen LogP contribution in [0.1, 0.15) is 11.1 Å². The molecule has 3 heterocycles. The summed E-state index contributed by atoms with van der Waals surface area (Å²) in [6, 6.07) is 14.1. The summed E-state index contributed by atoms with van der Waals surface area (Å²) in [5.41, 5.74) is 2.69. The molecule has 2 saturated heterocycles. The number of halogens is 1. The van der Waals surface area contributed by atoms with Crippen LogP contribution in [0.4, 0.5) is 9.18 Å². The molecule has 0 saturated carbocycles. The molecule has 5 rings (SSSR count). The van der Waals surface area contributed by atoms with Crippen LogP contribution in [-0.4, -0.2) is 64.3 Å². The predicted octanol–water partition coefficient (Wildman–Crippen LogP) is 3.72. The van der Waals surface area contributed by atoms with E-state index in [-0.39, 0.29) is 23.2 Å². The lowest BCUT2D eigenvalue weighted by molar-refractivity contribution is -0.139. The first-order valence-electron chi connectivity index (χ1n) is 10.9. The Kier molecular flexibility index (Phi) is 6.21. The number of aromatic nitrogens is 1. The zero-order valence-corrected chi connectivity index (χ0v) is 19.1. The first kappa shape index (κ1) is 22.4. The summed E-state index contributed by atoms with van der Waals surface area (Å²) in [6.45, 7) is 2.08. The molecular weight excluding hydrogens is 457 g/mol. The van der Waals surface area contributed by atoms with Crippen molar-refractivity contribution in [2.24, 2.45) is 0 Å². The minimum absolute atomic E-state index is 0.261. The number of morpholine rings is 1. The van der Waals surface area contributed by atoms with Gasteiger partial charge >= 0.3 is 0 Å². The van der Waals surface area contributed by atoms with Crippen LogP contribution in [0.5, 0.6) is 0 Å². The van der Waals surface area contributed by atoms with Crippen molar-refractivity contribution < 1.29 is 23.5 Å². The second-order valence-corrected chi connectivity index (χ2v) is 9.11. The van der Waals surface area contributed by atoms with Gasteiger partial charge in [0.1, 0.15) is 12.4 Å². The van der Waals surface area contributed by atoms with Crippen molar-refractivity contribution in [3.63, 3.8) is 0 Å². The van der Waals surface area contributed by atoms with Crippen LogP contribution in [-0.2, 0) is 20.9 Å². The molecule has 0 spiro atoms. The Hall–Kier alpha value is -3.43. The number of thioether (sulfide) groups is 1. The number of benzene rings is 2. The maximum Gasteiger partial charge on any atom is 0.294 e. The van der Waals surface area contributed by atoms with E-state index < -0.39 is 11.1 Å². The van der Waals surface area contributed by atoms with Crippen LogP contribution >= 0.6 is 11.8 Å². The van der Waals surface area contributed by atoms with Crippen LogP contribution in [0.15, 0.2) is 59.6 Å². The molecule has 1 aromatic heterocycles. The van der Waals surface area contributed by atoms with Gasteiger partial charge in [0.25, 0.3) is 11.1 Å². The lowest BCUT2D eigenvalue weighted by atomic mass is 10.1. The average Bonchev–Trinajstić information content (AvgIpc) is 3.33. The lowest BCUT2D eigenvalue weighted by Crippen LogP contribution is -2.46. The maximum absolute atomic E-state index is 13.3. The van der Waals surface area contributed by atoms with E-state index in [0.717, 1.165) is 38.7 Å². The van der Waals surface area contributed by atoms with E-state index in [0.29, 0.717) is 32.8 Å². The third-order valence-corrected chi connectivity index (χ3v) is 6.81. The first-order valence-corrected chi connectivity index (χ1v) is 11.7. The van der Waals surface area contributed by atoms with Gasteiger partial charge in [-0.05, 0) is 41.6 Å². The van der Waals surface area contributed by atoms with E-state index in [2.05, 4.69) is 0 Å². The molecule has 174 valence electrons. The monoisotopic (exact) mass is 479 g/mol. The summed E-state index contributed by atoms with van der Waals surface area (Å²) in [4.78, 5) is 41.0. The number of carbonyl (C=O) groups excluding carboxylic acids is 3. The Morgan fingerprint density at radius 3 is 2.56 bits per heavy atom. The van der Waals surface area contributed by atoms with Gasteiger partial charge < -0.3 is 14.2 Å². The molecule has 0 unspecified atom stereocenters. The zero-order valence-electron chi connectivity index (χ0n) is 18.3. The molecule has 2 aliphatic heterocycles. The quantitative estimate of drug-likeness (QED) is 0.522. The number of fused-ring (bicyclic) bond motifs is 1. The fraction of sp³-hybridized carbons (Fsp3) is 0.240. The molecule has 7 nitrogen and oxygen atoms in total. The summed E-state index contributed by atoms with van der Waals surface area (Å²) < 4.78 is 20.6. The first-order chi connectivity index (χ1) is 16.5. The highest BCUT2D eigenvalue weighted by Crippen LogP contribution is 2.34. The van der Waals surface area contributed by atoms with Crippen LogP contribution < -0.4 is 0 Å². The molecule has 2 fully saturated rings. The molecule has 0 bridgehead atoms. The Labute approximate surface area is 199 Å². The van der Waals surface area contributed by atoms with Gasteiger partial charge in [-0.1, -0.05) is 30.3 Å². The number of rotatable bonds is 5. The fourth-order valence-electron chi connectivity index (χ4n) is 4.13. The van der Waals surface area contributed by atoms with E-state index in [1.54, 1.807) is 23.1 Å². The highest BCUT2D eigenvalue weighted by atomic mass is 32.2. The van der Waals surface area contributed by atoms with Crippen molar-refractivity contribution in [1.29, 1.82) is 0 Å². The number of para-hydroxylation sites is 1. The summed E-state index contributed by atoms with van der Waals surface area (Å²) in [5.74, 6) is -1.01. The van der Waals surface area contributed by atoms with E-state index in [9.17, 15) is 18.8 Å². The van der Waals surface area contributed by atoms with Gasteiger partial charge in [-0.15, -0.1) is 0 Å². The molecule has 0 radical (unpaired) electrons. The molecule has 2 aromatic carbocycles. The fourth-order valence-corrected chi connectivity index (χ4v) is 4.96. The Bertz CT molecular complexity index is 1300. The minimum Gasteiger partial charge on any atom is -0.378 e. The number of hydrogen-bond donors (Lipinski definition) is 0. The molecular formula is C25H22FN3O4S. The van der Waals surface area contributed by atoms with Crippen LogP contribution in [0.2, 0.25) is 0 Å². The van der Waals surface area contributed by atoms with E-state index in [4.69, 9.17) is 4.74 Å². The van der Waals surface area contributed by atoms with Gasteiger partial charge in [-0.3, -0.25) is 19.3 Å². The Morgan fingerprint density at radius 1 is 1.06 bits per heavy atom. The van der Waals surface area contributed by atoms with Gasteiger partial charge in [0.15, 0.2) is 0 Å². The van der Waals surface area contributed by atoms with Gasteiger partial charge in [0.05, 0.1) is 18.1 Å². The Balaban J connectivity index is 1.39. The van der Waals surface area contributed by atoms with E-state index in [1.807, 2.05) is 35.0 Å². The van der Waals surface area contributed by atoms with Crippen molar-refractivity contribution in [1.82, 2.24) is 14.4 Å². The standard InChI is InChI=1S/C25H22FN3O4S/c26-19-7-5-17(6-8-19)14-28-15-18(20-3-1-2-4-21(20)28)13-22-24(31)29(25(32)34-22)16-23(30)27-9-11-33-12-10-27/h1-8,13,15H,9-12,14,16H2. The van der Waals surface area contributed by atoms with Crippen LogP contribution in [0.3, 0.4) is 0 Å². The number of ether oxygens (including phenoxy) is 1. The highest BCUT2D eigenvalue weighted by Gasteiger charge is 2.37. The number of hydrogen-bond acceptors (Lipinski definition) is 5. The molecule has 0 N–H and O–H groups in total. The summed E-state index contributed by atoms with van der Waals surface area (Å²) in [6.07, 6.45) is 3.62. The van der Waals surface area contributed by atoms with E-state index in [1.165, 1.54) is 12.1 Å². The molecule has 0 aliphatic carbocycles. The molecule has 34 heavy (non-hydrogen) atoms. The van der Waals surface area contributed by atoms with Gasteiger partial charge in [-0.2, -0.15) is 0 Å². The van der Waals surface area contributed by atoms with Crippen molar-refractivity contribution in [3.05, 3.63) is 76.6 Å². The molecule has 3 aromatic rings. The molecule has 9 heteroatoms. The highest BCUT2D eigenvalue weighted by molar-refractivity contribution is 8.18. The second kappa shape index (κ2) is 9.44. The SMILES string of the molecule is O=C(CN1C(=O)SC(=Cc2cn(Cc3ccc(F)cc3)c3ccccc23)C1=O)N1CCOCC1. The zero-order chi connectivity index (χ0) is 23.7. The number of carbonyl (C=O) groups is 3. The second-order valence-electron chi connectivity index (χ2n) is 8.12. The third-order valence-electron chi connectivity index (χ3n) is 5.90. The van der Waals surface area contributed by atoms with Gasteiger partial charge in [0, 0.05) is 42.3 Å². The van der Waals surface area contributed by atoms with Gasteiger partial charge in [0.2, 0.25) is 5.91 Å². The minimum atomic E-state index is -0.466. The summed E-state index contributed by atoms with van der Waals surface area (Å²) in [7, 11) is 0. The topological polar surface area (TPSA) is 71.9 Å². The van der Waals surface area contributed by atoms with Crippen LogP contribution in [0, 0.1) is 5.82 Å². The third kappa shape index (κ3) is 4.49. The molecule has 2 aliphatic rings. The molecule has 0 atom stereocenters. The largest absolute Gasteiger partial charge is 0.378 e. The predicted molar refractivity (Wildman–Crippen MR) is 128 cm³/mol. The summed E-state index contributed by atoms with van der Waals surface area (Å²) >= 11 is 0.841.